The van der Waals surface area contributed by atoms with Gasteiger partial charge in [0.25, 0.3) is 11.6 Å². The molecule has 3 aromatic rings. The molecule has 2 aromatic carbocycles. The van der Waals surface area contributed by atoms with Gasteiger partial charge < -0.3 is 0 Å². The van der Waals surface area contributed by atoms with E-state index in [0.29, 0.717) is 27.5 Å². The quantitative estimate of drug-likeness (QED) is 0.509. The van der Waals surface area contributed by atoms with Crippen LogP contribution in [0.4, 0.5) is 5.69 Å². The van der Waals surface area contributed by atoms with E-state index in [1.54, 1.807) is 12.1 Å². The van der Waals surface area contributed by atoms with Crippen molar-refractivity contribution in [2.45, 2.75) is 10.9 Å². The minimum Gasteiger partial charge on any atom is -0.268 e. The molecule has 0 fully saturated rings. The Balaban J connectivity index is 2.00. The zero-order chi connectivity index (χ0) is 15.3. The molecule has 6 nitrogen and oxygen atoms in total. The van der Waals surface area contributed by atoms with Crippen molar-refractivity contribution >= 4 is 34.4 Å². The Kier molecular flexibility index (Phi) is 2.77. The van der Waals surface area contributed by atoms with Crippen LogP contribution < -0.4 is 0 Å². The molecule has 22 heavy (non-hydrogen) atoms. The predicted molar refractivity (Wildman–Crippen MR) is 82.1 cm³/mol. The van der Waals surface area contributed by atoms with Crippen molar-refractivity contribution in [2.75, 3.05) is 0 Å². The molecule has 0 radical (unpaired) electrons. The molecule has 1 aliphatic rings. The highest BCUT2D eigenvalue weighted by Crippen LogP contribution is 2.33. The summed E-state index contributed by atoms with van der Waals surface area (Å²) in [6.45, 7) is 0. The molecule has 0 spiro atoms. The van der Waals surface area contributed by atoms with Crippen LogP contribution in [0.1, 0.15) is 15.9 Å². The molecule has 1 aromatic heterocycles. The molecule has 0 bridgehead atoms. The maximum atomic E-state index is 12.8. The zero-order valence-corrected chi connectivity index (χ0v) is 12.0. The summed E-state index contributed by atoms with van der Waals surface area (Å²) in [5.41, 5.74) is 2.56. The maximum Gasteiger partial charge on any atom is 0.271 e. The first-order chi connectivity index (χ1) is 10.6. The van der Waals surface area contributed by atoms with Gasteiger partial charge in [-0.05, 0) is 17.7 Å². The SMILES string of the molecule is O=C1c2ccccc2CSc2nc3ccc([N+](=O)[O-])cc3n21. The number of non-ortho nitro benzene ring substituents is 1. The van der Waals surface area contributed by atoms with E-state index in [4.69, 9.17) is 0 Å². The van der Waals surface area contributed by atoms with E-state index in [1.165, 1.54) is 28.5 Å². The molecule has 4 rings (SSSR count). The van der Waals surface area contributed by atoms with Crippen molar-refractivity contribution in [3.05, 3.63) is 63.7 Å². The van der Waals surface area contributed by atoms with Crippen molar-refractivity contribution in [3.8, 4) is 0 Å². The Bertz CT molecular complexity index is 948. The zero-order valence-electron chi connectivity index (χ0n) is 11.2. The van der Waals surface area contributed by atoms with Crippen molar-refractivity contribution in [3.63, 3.8) is 0 Å². The summed E-state index contributed by atoms with van der Waals surface area (Å²) in [5, 5.41) is 11.5. The van der Waals surface area contributed by atoms with Gasteiger partial charge in [-0.1, -0.05) is 30.0 Å². The minimum atomic E-state index is -0.471. The van der Waals surface area contributed by atoms with Crippen LogP contribution in [0.3, 0.4) is 0 Å². The fraction of sp³-hybridized carbons (Fsp3) is 0.0667. The summed E-state index contributed by atoms with van der Waals surface area (Å²) >= 11 is 1.46. The van der Waals surface area contributed by atoms with Crippen molar-refractivity contribution in [1.82, 2.24) is 9.55 Å². The molecule has 0 amide bonds. The van der Waals surface area contributed by atoms with Gasteiger partial charge in [0.2, 0.25) is 0 Å². The van der Waals surface area contributed by atoms with Gasteiger partial charge in [-0.3, -0.25) is 19.5 Å². The number of aromatic nitrogens is 2. The van der Waals surface area contributed by atoms with Crippen LogP contribution in [0.2, 0.25) is 0 Å². The molecule has 0 N–H and O–H groups in total. The van der Waals surface area contributed by atoms with Crippen LogP contribution in [-0.4, -0.2) is 20.4 Å². The van der Waals surface area contributed by atoms with E-state index in [0.717, 1.165) is 5.56 Å². The van der Waals surface area contributed by atoms with E-state index >= 15 is 0 Å². The number of carbonyl (C=O) groups excluding carboxylic acids is 1. The smallest absolute Gasteiger partial charge is 0.268 e. The number of hydrogen-bond donors (Lipinski definition) is 0. The summed E-state index contributed by atoms with van der Waals surface area (Å²) in [6, 6.07) is 11.8. The fourth-order valence-corrected chi connectivity index (χ4v) is 3.58. The summed E-state index contributed by atoms with van der Waals surface area (Å²) in [6.07, 6.45) is 0. The summed E-state index contributed by atoms with van der Waals surface area (Å²) < 4.78 is 1.47. The number of nitro benzene ring substituents is 1. The lowest BCUT2D eigenvalue weighted by molar-refractivity contribution is -0.384. The number of nitrogens with zero attached hydrogens (tertiary/aromatic N) is 3. The van der Waals surface area contributed by atoms with E-state index in [1.807, 2.05) is 18.2 Å². The predicted octanol–water partition coefficient (Wildman–Crippen LogP) is 3.24. The highest BCUT2D eigenvalue weighted by Gasteiger charge is 2.25. The van der Waals surface area contributed by atoms with E-state index < -0.39 is 4.92 Å². The van der Waals surface area contributed by atoms with E-state index in [-0.39, 0.29) is 11.6 Å². The van der Waals surface area contributed by atoms with Gasteiger partial charge in [-0.15, -0.1) is 0 Å². The van der Waals surface area contributed by atoms with Crippen LogP contribution in [0.15, 0.2) is 47.6 Å². The lowest BCUT2D eigenvalue weighted by Gasteiger charge is -2.05. The second-order valence-electron chi connectivity index (χ2n) is 4.91. The summed E-state index contributed by atoms with van der Waals surface area (Å²) in [7, 11) is 0. The van der Waals surface area contributed by atoms with E-state index in [9.17, 15) is 14.9 Å². The van der Waals surface area contributed by atoms with Gasteiger partial charge in [0.05, 0.1) is 16.0 Å². The first-order valence-electron chi connectivity index (χ1n) is 6.57. The molecular formula is C15H9N3O3S. The van der Waals surface area contributed by atoms with Crippen LogP contribution in [-0.2, 0) is 5.75 Å². The summed E-state index contributed by atoms with van der Waals surface area (Å²) in [5.74, 6) is 0.450. The third-order valence-corrected chi connectivity index (χ3v) is 4.61. The molecule has 1 aliphatic heterocycles. The number of nitro groups is 1. The first-order valence-corrected chi connectivity index (χ1v) is 7.56. The van der Waals surface area contributed by atoms with Gasteiger partial charge in [-0.2, -0.15) is 0 Å². The number of hydrogen-bond acceptors (Lipinski definition) is 5. The minimum absolute atomic E-state index is 0.0504. The second-order valence-corrected chi connectivity index (χ2v) is 5.85. The van der Waals surface area contributed by atoms with Crippen LogP contribution >= 0.6 is 11.8 Å². The van der Waals surface area contributed by atoms with Crippen LogP contribution in [0, 0.1) is 10.1 Å². The molecule has 2 heterocycles. The monoisotopic (exact) mass is 311 g/mol. The Hall–Kier alpha value is -2.67. The van der Waals surface area contributed by atoms with Gasteiger partial charge in [0, 0.05) is 23.4 Å². The van der Waals surface area contributed by atoms with E-state index in [2.05, 4.69) is 4.98 Å². The lowest BCUT2D eigenvalue weighted by atomic mass is 10.1. The third kappa shape index (κ3) is 1.82. The highest BCUT2D eigenvalue weighted by atomic mass is 32.2. The number of fused-ring (bicyclic) bond motifs is 4. The number of rotatable bonds is 1. The molecule has 0 saturated heterocycles. The van der Waals surface area contributed by atoms with Crippen molar-refractivity contribution < 1.29 is 9.72 Å². The van der Waals surface area contributed by atoms with Gasteiger partial charge in [0.1, 0.15) is 0 Å². The average Bonchev–Trinajstić information content (AvgIpc) is 2.83. The highest BCUT2D eigenvalue weighted by molar-refractivity contribution is 7.98. The summed E-state index contributed by atoms with van der Waals surface area (Å²) in [4.78, 5) is 27.8. The lowest BCUT2D eigenvalue weighted by Crippen LogP contribution is -2.12. The number of carbonyl (C=O) groups is 1. The molecule has 0 unspecified atom stereocenters. The maximum absolute atomic E-state index is 12.8. The van der Waals surface area contributed by atoms with Gasteiger partial charge in [-0.25, -0.2) is 4.98 Å². The first kappa shape index (κ1) is 13.0. The normalized spacial score (nSPS) is 13.5. The molecular weight excluding hydrogens is 302 g/mol. The topological polar surface area (TPSA) is 78.0 Å². The van der Waals surface area contributed by atoms with Gasteiger partial charge >= 0.3 is 0 Å². The molecule has 0 atom stereocenters. The number of benzene rings is 2. The Morgan fingerprint density at radius 2 is 2.05 bits per heavy atom. The largest absolute Gasteiger partial charge is 0.271 e. The number of thioether (sulfide) groups is 1. The van der Waals surface area contributed by atoms with Gasteiger partial charge in [0.15, 0.2) is 5.16 Å². The number of imidazole rings is 1. The molecule has 0 aliphatic carbocycles. The Labute approximate surface area is 128 Å². The van der Waals surface area contributed by atoms with Crippen LogP contribution in [0.5, 0.6) is 0 Å². The third-order valence-electron chi connectivity index (χ3n) is 3.63. The second kappa shape index (κ2) is 4.67. The molecule has 108 valence electrons. The van der Waals surface area contributed by atoms with Crippen LogP contribution in [0.25, 0.3) is 11.0 Å². The van der Waals surface area contributed by atoms with Crippen molar-refractivity contribution in [1.29, 1.82) is 0 Å². The fourth-order valence-electron chi connectivity index (χ4n) is 2.57. The Morgan fingerprint density at radius 1 is 1.23 bits per heavy atom. The average molecular weight is 311 g/mol. The molecule has 0 saturated carbocycles. The Morgan fingerprint density at radius 3 is 2.86 bits per heavy atom. The standard InChI is InChI=1S/C15H9N3O3S/c19-14-11-4-2-1-3-9(11)8-22-15-16-12-6-5-10(18(20)21)7-13(12)17(14)15/h1-7H,8H2. The van der Waals surface area contributed by atoms with Crippen molar-refractivity contribution in [2.24, 2.45) is 0 Å². The molecule has 7 heteroatoms.